The van der Waals surface area contributed by atoms with Crippen molar-refractivity contribution in [1.82, 2.24) is 0 Å². The zero-order valence-corrected chi connectivity index (χ0v) is 5.00. The summed E-state index contributed by atoms with van der Waals surface area (Å²) >= 11 is 0. The Morgan fingerprint density at radius 3 is 1.22 bits per heavy atom. The van der Waals surface area contributed by atoms with Gasteiger partial charge in [-0.2, -0.15) is 0 Å². The van der Waals surface area contributed by atoms with E-state index in [1.807, 2.05) is 0 Å². The van der Waals surface area contributed by atoms with Gasteiger partial charge in [0, 0.05) is 0 Å². The van der Waals surface area contributed by atoms with Crippen LogP contribution in [0, 0.1) is 0 Å². The Balaban J connectivity index is 0.000000144. The fraction of sp³-hybridized carbons (Fsp3) is 1.00. The first-order valence-electron chi connectivity index (χ1n) is 2.58. The predicted molar refractivity (Wildman–Crippen MR) is 26.8 cm³/mol. The van der Waals surface area contributed by atoms with Crippen molar-refractivity contribution in [3.63, 3.8) is 0 Å². The van der Waals surface area contributed by atoms with E-state index in [-0.39, 0.29) is 0 Å². The lowest BCUT2D eigenvalue weighted by Crippen LogP contribution is -2.87. The zero-order chi connectivity index (χ0) is 7.49. The van der Waals surface area contributed by atoms with Crippen molar-refractivity contribution in [1.29, 1.82) is 0 Å². The van der Waals surface area contributed by atoms with Gasteiger partial charge in [0.2, 0.25) is 0 Å². The van der Waals surface area contributed by atoms with Gasteiger partial charge in [-0.3, -0.25) is 0 Å². The second-order valence-corrected chi connectivity index (χ2v) is 1.95. The van der Waals surface area contributed by atoms with Gasteiger partial charge in [0.15, 0.2) is 0 Å². The van der Waals surface area contributed by atoms with Gasteiger partial charge in [-0.15, -0.1) is 0 Å². The van der Waals surface area contributed by atoms with Gasteiger partial charge >= 0.3 is 7.25 Å². The molecule has 1 N–H and O–H groups in total. The lowest BCUT2D eigenvalue weighted by atomic mass is 10.3. The van der Waals surface area contributed by atoms with Crippen LogP contribution in [0.1, 0.15) is 0 Å². The first-order chi connectivity index (χ1) is 3.89. The molecule has 0 bridgehead atoms. The van der Waals surface area contributed by atoms with E-state index in [0.29, 0.717) is 0 Å². The normalized spacial score (nSPS) is 18.3. The molecule has 1 saturated heterocycles. The van der Waals surface area contributed by atoms with Crippen LogP contribution in [-0.4, -0.2) is 27.4 Å². The summed E-state index contributed by atoms with van der Waals surface area (Å²) in [5, 5.41) is 0. The van der Waals surface area contributed by atoms with Crippen molar-refractivity contribution >= 4 is 7.25 Å². The molecule has 0 spiro atoms. The summed E-state index contributed by atoms with van der Waals surface area (Å²) in [6.07, 6.45) is 0. The van der Waals surface area contributed by atoms with Gasteiger partial charge in [-0.05, 0) is 0 Å². The third kappa shape index (κ3) is 33.9. The second kappa shape index (κ2) is 3.05. The molecule has 1 heterocycles. The van der Waals surface area contributed by atoms with Crippen molar-refractivity contribution in [3.05, 3.63) is 0 Å². The van der Waals surface area contributed by atoms with Gasteiger partial charge in [0.25, 0.3) is 0 Å². The number of rotatable bonds is 0. The number of quaternary nitrogens is 1. The van der Waals surface area contributed by atoms with Crippen LogP contribution < -0.4 is 4.90 Å². The molecule has 0 saturated carbocycles. The lowest BCUT2D eigenvalue weighted by Gasteiger charge is -1.94. The highest BCUT2D eigenvalue weighted by Crippen LogP contribution is 2.06. The maximum absolute atomic E-state index is 9.75. The average molecular weight is 145 g/mol. The van der Waals surface area contributed by atoms with E-state index in [1.165, 1.54) is 13.1 Å². The number of hydrogen-bond donors (Lipinski definition) is 1. The zero-order valence-electron chi connectivity index (χ0n) is 5.00. The number of halogens is 4. The van der Waals surface area contributed by atoms with Crippen LogP contribution in [0.25, 0.3) is 0 Å². The molecule has 0 aromatic heterocycles. The number of nitrogens with one attached hydrogen (secondary N) is 1. The molecule has 9 heavy (non-hydrogen) atoms. The highest BCUT2D eigenvalue weighted by Gasteiger charge is 2.20. The van der Waals surface area contributed by atoms with Gasteiger partial charge in [-0.1, -0.05) is 0 Å². The van der Waals surface area contributed by atoms with E-state index in [1.54, 1.807) is 4.90 Å². The first kappa shape index (κ1) is 8.74. The van der Waals surface area contributed by atoms with Crippen molar-refractivity contribution in [2.24, 2.45) is 0 Å². The summed E-state index contributed by atoms with van der Waals surface area (Å²) in [6.45, 7) is 2.81. The summed E-state index contributed by atoms with van der Waals surface area (Å²) in [5.74, 6) is 0. The summed E-state index contributed by atoms with van der Waals surface area (Å²) < 4.78 is 39.0. The molecule has 0 radical (unpaired) electrons. The van der Waals surface area contributed by atoms with E-state index in [4.69, 9.17) is 0 Å². The molecule has 0 atom stereocenters. The Morgan fingerprint density at radius 2 is 1.22 bits per heavy atom. The fourth-order valence-corrected chi connectivity index (χ4v) is 0.125. The van der Waals surface area contributed by atoms with Crippen LogP contribution in [0.4, 0.5) is 17.3 Å². The highest BCUT2D eigenvalue weighted by atomic mass is 19.5. The van der Waals surface area contributed by atoms with E-state index >= 15 is 0 Å². The Kier molecular flexibility index (Phi) is 2.97. The molecule has 1 fully saturated rings. The van der Waals surface area contributed by atoms with E-state index in [2.05, 4.69) is 7.05 Å². The van der Waals surface area contributed by atoms with Crippen LogP contribution in [0.15, 0.2) is 0 Å². The SMILES string of the molecule is C[NH+]1CC1.F[B-](F)(F)F. The Morgan fingerprint density at radius 1 is 1.11 bits per heavy atom. The van der Waals surface area contributed by atoms with Crippen LogP contribution in [0.3, 0.4) is 0 Å². The Hall–Kier alpha value is -0.255. The third-order valence-electron chi connectivity index (χ3n) is 0.750. The first-order valence-corrected chi connectivity index (χ1v) is 2.58. The maximum Gasteiger partial charge on any atom is 0.673 e. The molecule has 1 rings (SSSR count). The van der Waals surface area contributed by atoms with Gasteiger partial charge in [-0.25, -0.2) is 0 Å². The van der Waals surface area contributed by atoms with Crippen LogP contribution in [-0.2, 0) is 0 Å². The molecule has 0 aromatic rings. The predicted octanol–water partition coefficient (Wildman–Crippen LogP) is -0.185. The monoisotopic (exact) mass is 145 g/mol. The molecular weight excluding hydrogens is 137 g/mol. The van der Waals surface area contributed by atoms with Crippen molar-refractivity contribution in [2.45, 2.75) is 0 Å². The topological polar surface area (TPSA) is 4.44 Å². The summed E-state index contributed by atoms with van der Waals surface area (Å²) in [4.78, 5) is 1.67. The van der Waals surface area contributed by atoms with Gasteiger partial charge < -0.3 is 22.2 Å². The summed E-state index contributed by atoms with van der Waals surface area (Å²) in [5.41, 5.74) is 0. The molecule has 1 aliphatic heterocycles. The molecule has 1 nitrogen and oxygen atoms in total. The largest absolute Gasteiger partial charge is 0.673 e. The molecule has 0 amide bonds. The van der Waals surface area contributed by atoms with E-state index in [9.17, 15) is 17.3 Å². The quantitative estimate of drug-likeness (QED) is 0.274. The molecule has 0 unspecified atom stereocenters. The minimum absolute atomic E-state index is 1.40. The van der Waals surface area contributed by atoms with Crippen LogP contribution in [0.2, 0.25) is 0 Å². The molecule has 0 aromatic carbocycles. The van der Waals surface area contributed by atoms with Crippen LogP contribution in [0.5, 0.6) is 0 Å². The van der Waals surface area contributed by atoms with Crippen LogP contribution >= 0.6 is 0 Å². The van der Waals surface area contributed by atoms with Crippen molar-refractivity contribution in [3.8, 4) is 0 Å². The number of likely N-dealkylation sites (N-methyl/N-ethyl adjacent to an activating group) is 1. The third-order valence-corrected chi connectivity index (χ3v) is 0.750. The van der Waals surface area contributed by atoms with E-state index in [0.717, 1.165) is 0 Å². The summed E-state index contributed by atoms with van der Waals surface area (Å²) in [7, 11) is -3.81. The number of hydrogen-bond acceptors (Lipinski definition) is 0. The molecule has 56 valence electrons. The molecule has 6 heteroatoms. The fourth-order valence-electron chi connectivity index (χ4n) is 0.125. The Labute approximate surface area is 50.7 Å². The second-order valence-electron chi connectivity index (χ2n) is 1.95. The smallest absolute Gasteiger partial charge is 0.418 e. The molecule has 0 aliphatic carbocycles. The van der Waals surface area contributed by atoms with Gasteiger partial charge in [0.1, 0.15) is 13.1 Å². The Bertz CT molecular complexity index is 72.4. The highest BCUT2D eigenvalue weighted by molar-refractivity contribution is 6.50. The average Bonchev–Trinajstić information content (AvgIpc) is 2.13. The molecule has 1 aliphatic rings. The lowest BCUT2D eigenvalue weighted by molar-refractivity contribution is -0.733. The van der Waals surface area contributed by atoms with E-state index < -0.39 is 7.25 Å². The molecular formula is C3H8BF4N. The minimum Gasteiger partial charge on any atom is -0.418 e. The summed E-state index contributed by atoms with van der Waals surface area (Å²) in [6, 6.07) is 0. The minimum atomic E-state index is -6.00. The maximum atomic E-state index is 9.75. The van der Waals surface area contributed by atoms with Crippen molar-refractivity contribution in [2.75, 3.05) is 20.1 Å². The standard InChI is InChI=1S/C3H7N.BF4/c1-4-2-3-4;2-1(3,4)5/h2-3H2,1H3;/q;-1/p+1. The van der Waals surface area contributed by atoms with Crippen molar-refractivity contribution < 1.29 is 22.2 Å². The van der Waals surface area contributed by atoms with Gasteiger partial charge in [0.05, 0.1) is 7.05 Å².